The summed E-state index contributed by atoms with van der Waals surface area (Å²) in [6, 6.07) is 0. The largest absolute Gasteiger partial charge is 0.317 e. The van der Waals surface area contributed by atoms with Crippen LogP contribution in [0.15, 0.2) is 4.34 Å². The van der Waals surface area contributed by atoms with Crippen molar-refractivity contribution in [2.75, 3.05) is 18.8 Å². The Kier molecular flexibility index (Phi) is 4.41. The van der Waals surface area contributed by atoms with Crippen molar-refractivity contribution in [3.8, 4) is 0 Å². The summed E-state index contributed by atoms with van der Waals surface area (Å²) in [6.07, 6.45) is 4.01. The summed E-state index contributed by atoms with van der Waals surface area (Å²) in [5, 5.41) is 12.6. The fourth-order valence-electron chi connectivity index (χ4n) is 1.82. The van der Waals surface area contributed by atoms with Crippen molar-refractivity contribution in [1.29, 1.82) is 0 Å². The molecule has 1 N–H and O–H groups in total. The second-order valence-electron chi connectivity index (χ2n) is 3.92. The van der Waals surface area contributed by atoms with Crippen molar-refractivity contribution in [2.45, 2.75) is 30.5 Å². The molecule has 0 bridgehead atoms. The van der Waals surface area contributed by atoms with Crippen LogP contribution in [0.4, 0.5) is 0 Å². The van der Waals surface area contributed by atoms with Gasteiger partial charge in [0.05, 0.1) is 0 Å². The van der Waals surface area contributed by atoms with Crippen molar-refractivity contribution in [3.63, 3.8) is 0 Å². The second-order valence-corrected chi connectivity index (χ2v) is 6.44. The molecule has 0 unspecified atom stereocenters. The lowest BCUT2D eigenvalue weighted by Crippen LogP contribution is -2.27. The van der Waals surface area contributed by atoms with Gasteiger partial charge in [-0.3, -0.25) is 0 Å². The molecular weight excluding hydrogens is 226 g/mol. The number of piperidine rings is 1. The molecule has 0 aliphatic carbocycles. The van der Waals surface area contributed by atoms with Crippen LogP contribution in [0, 0.1) is 12.8 Å². The van der Waals surface area contributed by atoms with E-state index in [1.807, 2.05) is 18.7 Å². The van der Waals surface area contributed by atoms with Crippen molar-refractivity contribution in [2.24, 2.45) is 5.92 Å². The number of hydrogen-bond acceptors (Lipinski definition) is 5. The van der Waals surface area contributed by atoms with E-state index in [0.29, 0.717) is 0 Å². The van der Waals surface area contributed by atoms with E-state index < -0.39 is 0 Å². The Balaban J connectivity index is 1.65. The van der Waals surface area contributed by atoms with Gasteiger partial charge in [0.15, 0.2) is 4.34 Å². The second kappa shape index (κ2) is 5.82. The summed E-state index contributed by atoms with van der Waals surface area (Å²) >= 11 is 3.56. The van der Waals surface area contributed by atoms with Gasteiger partial charge in [-0.1, -0.05) is 23.1 Å². The molecule has 1 aliphatic rings. The molecule has 2 rings (SSSR count). The van der Waals surface area contributed by atoms with E-state index in [2.05, 4.69) is 15.5 Å². The number of thioether (sulfide) groups is 1. The summed E-state index contributed by atoms with van der Waals surface area (Å²) in [4.78, 5) is 0. The molecule has 2 heterocycles. The van der Waals surface area contributed by atoms with Crippen molar-refractivity contribution < 1.29 is 0 Å². The van der Waals surface area contributed by atoms with Crippen molar-refractivity contribution in [1.82, 2.24) is 15.5 Å². The minimum Gasteiger partial charge on any atom is -0.317 e. The van der Waals surface area contributed by atoms with Gasteiger partial charge in [0.2, 0.25) is 0 Å². The average molecular weight is 243 g/mol. The highest BCUT2D eigenvalue weighted by molar-refractivity contribution is 8.01. The van der Waals surface area contributed by atoms with Crippen LogP contribution in [0.2, 0.25) is 0 Å². The molecular formula is C10H17N3S2. The summed E-state index contributed by atoms with van der Waals surface area (Å²) in [5.41, 5.74) is 0. The van der Waals surface area contributed by atoms with Gasteiger partial charge in [0.1, 0.15) is 5.01 Å². The van der Waals surface area contributed by atoms with Crippen LogP contribution < -0.4 is 5.32 Å². The lowest BCUT2D eigenvalue weighted by Gasteiger charge is -2.21. The van der Waals surface area contributed by atoms with Crippen LogP contribution in [-0.2, 0) is 0 Å². The number of nitrogens with one attached hydrogen (secondary N) is 1. The number of nitrogens with zero attached hydrogens (tertiary/aromatic N) is 2. The molecule has 1 aromatic rings. The standard InChI is InChI=1S/C10H17N3S2/c1-8-12-13-10(15-8)14-7-4-9-2-5-11-6-3-9/h9,11H,2-7H2,1H3. The third kappa shape index (κ3) is 3.74. The molecule has 0 aromatic carbocycles. The normalized spacial score (nSPS) is 18.2. The van der Waals surface area contributed by atoms with Gasteiger partial charge in [0, 0.05) is 5.75 Å². The summed E-state index contributed by atoms with van der Waals surface area (Å²) < 4.78 is 1.13. The SMILES string of the molecule is Cc1nnc(SCCC2CCNCC2)s1. The predicted molar refractivity (Wildman–Crippen MR) is 65.6 cm³/mol. The minimum atomic E-state index is 0.924. The zero-order valence-electron chi connectivity index (χ0n) is 9.03. The van der Waals surface area contributed by atoms with Crippen molar-refractivity contribution >= 4 is 23.1 Å². The smallest absolute Gasteiger partial charge is 0.174 e. The van der Waals surface area contributed by atoms with E-state index in [0.717, 1.165) is 15.3 Å². The maximum Gasteiger partial charge on any atom is 0.174 e. The molecule has 0 radical (unpaired) electrons. The van der Waals surface area contributed by atoms with E-state index in [1.165, 1.54) is 38.1 Å². The van der Waals surface area contributed by atoms with E-state index in [1.54, 1.807) is 11.3 Å². The molecule has 0 amide bonds. The van der Waals surface area contributed by atoms with Crippen LogP contribution in [0.3, 0.4) is 0 Å². The molecule has 15 heavy (non-hydrogen) atoms. The molecule has 1 saturated heterocycles. The molecule has 0 saturated carbocycles. The predicted octanol–water partition coefficient (Wildman–Crippen LogP) is 2.33. The van der Waals surface area contributed by atoms with Crippen LogP contribution in [0.1, 0.15) is 24.3 Å². The minimum absolute atomic E-state index is 0.924. The summed E-state index contributed by atoms with van der Waals surface area (Å²) in [6.45, 7) is 4.41. The summed E-state index contributed by atoms with van der Waals surface area (Å²) in [7, 11) is 0. The zero-order chi connectivity index (χ0) is 10.5. The zero-order valence-corrected chi connectivity index (χ0v) is 10.7. The van der Waals surface area contributed by atoms with Crippen LogP contribution >= 0.6 is 23.1 Å². The molecule has 1 fully saturated rings. The third-order valence-corrected chi connectivity index (χ3v) is 4.72. The Labute approximate surface area is 99.1 Å². The van der Waals surface area contributed by atoms with Gasteiger partial charge in [-0.15, -0.1) is 10.2 Å². The van der Waals surface area contributed by atoms with E-state index in [-0.39, 0.29) is 0 Å². The number of hydrogen-bond donors (Lipinski definition) is 1. The van der Waals surface area contributed by atoms with Crippen LogP contribution in [-0.4, -0.2) is 29.0 Å². The molecule has 0 atom stereocenters. The Morgan fingerprint density at radius 2 is 2.20 bits per heavy atom. The quantitative estimate of drug-likeness (QED) is 0.824. The first-order valence-corrected chi connectivity index (χ1v) is 7.28. The lowest BCUT2D eigenvalue weighted by atomic mass is 9.96. The lowest BCUT2D eigenvalue weighted by molar-refractivity contribution is 0.367. The Morgan fingerprint density at radius 1 is 1.40 bits per heavy atom. The maximum atomic E-state index is 4.12. The van der Waals surface area contributed by atoms with Gasteiger partial charge in [-0.2, -0.15) is 0 Å². The molecule has 3 nitrogen and oxygen atoms in total. The molecule has 0 spiro atoms. The van der Waals surface area contributed by atoms with Crippen LogP contribution in [0.5, 0.6) is 0 Å². The van der Waals surface area contributed by atoms with E-state index in [4.69, 9.17) is 0 Å². The highest BCUT2D eigenvalue weighted by Crippen LogP contribution is 2.25. The van der Waals surface area contributed by atoms with Gasteiger partial charge in [-0.05, 0) is 45.2 Å². The monoisotopic (exact) mass is 243 g/mol. The molecule has 84 valence electrons. The van der Waals surface area contributed by atoms with Gasteiger partial charge < -0.3 is 5.32 Å². The van der Waals surface area contributed by atoms with Gasteiger partial charge >= 0.3 is 0 Å². The first-order valence-electron chi connectivity index (χ1n) is 5.48. The Hall–Kier alpha value is -0.130. The highest BCUT2D eigenvalue weighted by atomic mass is 32.2. The Morgan fingerprint density at radius 3 is 2.87 bits per heavy atom. The number of rotatable bonds is 4. The van der Waals surface area contributed by atoms with Crippen LogP contribution in [0.25, 0.3) is 0 Å². The topological polar surface area (TPSA) is 37.8 Å². The fourth-order valence-corrected chi connectivity index (χ4v) is 3.81. The summed E-state index contributed by atoms with van der Waals surface area (Å²) in [5.74, 6) is 2.12. The molecule has 1 aromatic heterocycles. The highest BCUT2D eigenvalue weighted by Gasteiger charge is 2.12. The molecule has 1 aliphatic heterocycles. The van der Waals surface area contributed by atoms with Crippen molar-refractivity contribution in [3.05, 3.63) is 5.01 Å². The number of aromatic nitrogens is 2. The van der Waals surface area contributed by atoms with E-state index in [9.17, 15) is 0 Å². The fraction of sp³-hybridized carbons (Fsp3) is 0.800. The molecule has 5 heteroatoms. The first-order chi connectivity index (χ1) is 7.34. The Bertz CT molecular complexity index is 295. The van der Waals surface area contributed by atoms with Gasteiger partial charge in [0.25, 0.3) is 0 Å². The number of aryl methyl sites for hydroxylation is 1. The third-order valence-electron chi connectivity index (χ3n) is 2.72. The average Bonchev–Trinajstić information content (AvgIpc) is 2.66. The van der Waals surface area contributed by atoms with Gasteiger partial charge in [-0.25, -0.2) is 0 Å². The maximum absolute atomic E-state index is 4.12. The first kappa shape index (κ1) is 11.4. The van der Waals surface area contributed by atoms with E-state index >= 15 is 0 Å².